The number of pyridine rings is 1. The van der Waals surface area contributed by atoms with E-state index in [0.717, 1.165) is 0 Å². The average molecular weight is 309 g/mol. The zero-order valence-corrected chi connectivity index (χ0v) is 10.6. The number of carbonyl (C=O) groups excluding carboxylic acids is 1. The first-order valence-corrected chi connectivity index (χ1v) is 5.63. The van der Waals surface area contributed by atoms with Gasteiger partial charge >= 0.3 is 5.97 Å². The lowest BCUT2D eigenvalue weighted by Crippen LogP contribution is -2.13. The molecule has 0 aliphatic rings. The van der Waals surface area contributed by atoms with E-state index >= 15 is 0 Å². The highest BCUT2D eigenvalue weighted by molar-refractivity contribution is 9.10. The van der Waals surface area contributed by atoms with Gasteiger partial charge in [0.25, 0.3) is 6.43 Å². The highest BCUT2D eigenvalue weighted by Gasteiger charge is 2.20. The molecule has 0 aliphatic carbocycles. The summed E-state index contributed by atoms with van der Waals surface area (Å²) in [7, 11) is 0. The molecule has 0 radical (unpaired) electrons. The first-order chi connectivity index (χ1) is 7.95. The van der Waals surface area contributed by atoms with Crippen LogP contribution in [0.4, 0.5) is 14.5 Å². The average Bonchev–Trinajstić information content (AvgIpc) is 2.21. The van der Waals surface area contributed by atoms with Crippen LogP contribution >= 0.6 is 15.9 Å². The highest BCUT2D eigenvalue weighted by Crippen LogP contribution is 2.28. The van der Waals surface area contributed by atoms with Gasteiger partial charge in [0.2, 0.25) is 0 Å². The Bertz CT molecular complexity index is 427. The molecule has 0 atom stereocenters. The number of anilines is 1. The van der Waals surface area contributed by atoms with Crippen LogP contribution in [0.2, 0.25) is 0 Å². The third-order valence-electron chi connectivity index (χ3n) is 1.99. The SMILES string of the molecule is CCOC(=O)Cc1c(N)cc(Br)nc1C(F)F. The Balaban J connectivity index is 3.08. The number of hydrogen-bond acceptors (Lipinski definition) is 4. The second kappa shape index (κ2) is 5.90. The second-order valence-electron chi connectivity index (χ2n) is 3.18. The van der Waals surface area contributed by atoms with E-state index in [1.54, 1.807) is 6.92 Å². The van der Waals surface area contributed by atoms with Gasteiger partial charge in [0.15, 0.2) is 0 Å². The van der Waals surface area contributed by atoms with Gasteiger partial charge in [-0.1, -0.05) is 0 Å². The molecule has 0 saturated carbocycles. The number of hydrogen-bond donors (Lipinski definition) is 1. The summed E-state index contributed by atoms with van der Waals surface area (Å²) < 4.78 is 30.4. The van der Waals surface area contributed by atoms with E-state index in [1.165, 1.54) is 6.07 Å². The van der Waals surface area contributed by atoms with Crippen molar-refractivity contribution in [1.82, 2.24) is 4.98 Å². The Kier molecular flexibility index (Phi) is 4.80. The predicted octanol–water partition coefficient (Wildman–Crippen LogP) is 2.47. The van der Waals surface area contributed by atoms with Gasteiger partial charge < -0.3 is 10.5 Å². The standard InChI is InChI=1S/C10H11BrF2N2O2/c1-2-17-8(16)3-5-6(14)4-7(11)15-9(5)10(12)13/h4,10H,2-3H2,1H3,(H2,14,15). The van der Waals surface area contributed by atoms with E-state index in [4.69, 9.17) is 5.73 Å². The van der Waals surface area contributed by atoms with Crippen molar-refractivity contribution in [3.05, 3.63) is 21.9 Å². The molecular formula is C10H11BrF2N2O2. The number of aromatic nitrogens is 1. The molecule has 0 fully saturated rings. The van der Waals surface area contributed by atoms with Gasteiger partial charge in [-0.15, -0.1) is 0 Å². The fourth-order valence-electron chi connectivity index (χ4n) is 1.31. The third-order valence-corrected chi connectivity index (χ3v) is 2.40. The molecule has 1 rings (SSSR count). The second-order valence-corrected chi connectivity index (χ2v) is 3.99. The van der Waals surface area contributed by atoms with Gasteiger partial charge in [0, 0.05) is 11.3 Å². The number of halogens is 3. The summed E-state index contributed by atoms with van der Waals surface area (Å²) in [5.74, 6) is -0.606. The Labute approximate surface area is 105 Å². The monoisotopic (exact) mass is 308 g/mol. The Hall–Kier alpha value is -1.24. The third kappa shape index (κ3) is 3.62. The number of carbonyl (C=O) groups is 1. The minimum absolute atomic E-state index is 0.0154. The smallest absolute Gasteiger partial charge is 0.310 e. The summed E-state index contributed by atoms with van der Waals surface area (Å²) in [4.78, 5) is 14.9. The number of rotatable bonds is 4. The molecule has 1 aromatic heterocycles. The van der Waals surface area contributed by atoms with E-state index in [1.807, 2.05) is 0 Å². The number of alkyl halides is 2. The highest BCUT2D eigenvalue weighted by atomic mass is 79.9. The predicted molar refractivity (Wildman–Crippen MR) is 61.6 cm³/mol. The van der Waals surface area contributed by atoms with Gasteiger partial charge in [-0.3, -0.25) is 4.79 Å². The van der Waals surface area contributed by atoms with Crippen LogP contribution in [-0.4, -0.2) is 17.6 Å². The van der Waals surface area contributed by atoms with Crippen molar-refractivity contribution in [2.45, 2.75) is 19.8 Å². The quantitative estimate of drug-likeness (QED) is 0.685. The summed E-state index contributed by atoms with van der Waals surface area (Å²) in [6.45, 7) is 1.82. The largest absolute Gasteiger partial charge is 0.466 e. The molecule has 0 bridgehead atoms. The maximum atomic E-state index is 12.7. The molecule has 0 unspecified atom stereocenters. The Morgan fingerprint density at radius 3 is 2.82 bits per heavy atom. The first-order valence-electron chi connectivity index (χ1n) is 4.84. The summed E-state index contributed by atoms with van der Waals surface area (Å²) in [6, 6.07) is 1.38. The van der Waals surface area contributed by atoms with Crippen LogP contribution in [0, 0.1) is 0 Å². The number of esters is 1. The van der Waals surface area contributed by atoms with Crippen LogP contribution in [0.15, 0.2) is 10.7 Å². The molecule has 1 heterocycles. The van der Waals surface area contributed by atoms with E-state index in [0.29, 0.717) is 0 Å². The Morgan fingerprint density at radius 2 is 2.29 bits per heavy atom. The summed E-state index contributed by atoms with van der Waals surface area (Å²) >= 11 is 2.97. The first kappa shape index (κ1) is 13.8. The fourth-order valence-corrected chi connectivity index (χ4v) is 1.75. The lowest BCUT2D eigenvalue weighted by Gasteiger charge is -2.11. The number of nitrogen functional groups attached to an aromatic ring is 1. The van der Waals surface area contributed by atoms with Gasteiger partial charge in [-0.25, -0.2) is 13.8 Å². The number of nitrogens with two attached hydrogens (primary N) is 1. The van der Waals surface area contributed by atoms with E-state index in [9.17, 15) is 13.6 Å². The van der Waals surface area contributed by atoms with Gasteiger partial charge in [-0.05, 0) is 28.9 Å². The molecule has 4 nitrogen and oxygen atoms in total. The number of ether oxygens (including phenoxy) is 1. The molecule has 0 aliphatic heterocycles. The van der Waals surface area contributed by atoms with Crippen molar-refractivity contribution in [2.75, 3.05) is 12.3 Å². The van der Waals surface area contributed by atoms with Crippen LogP contribution in [0.1, 0.15) is 24.6 Å². The molecule has 2 N–H and O–H groups in total. The molecule has 17 heavy (non-hydrogen) atoms. The van der Waals surface area contributed by atoms with Gasteiger partial charge in [0.05, 0.1) is 13.0 Å². The molecular weight excluding hydrogens is 298 g/mol. The van der Waals surface area contributed by atoms with Crippen LogP contribution in [0.3, 0.4) is 0 Å². The topological polar surface area (TPSA) is 65.2 Å². The van der Waals surface area contributed by atoms with Crippen molar-refractivity contribution in [3.8, 4) is 0 Å². The van der Waals surface area contributed by atoms with Crippen molar-refractivity contribution in [1.29, 1.82) is 0 Å². The van der Waals surface area contributed by atoms with Gasteiger partial charge in [0.1, 0.15) is 10.3 Å². The minimum Gasteiger partial charge on any atom is -0.466 e. The van der Waals surface area contributed by atoms with Crippen molar-refractivity contribution in [2.24, 2.45) is 0 Å². The molecule has 0 aromatic carbocycles. The molecule has 1 aromatic rings. The van der Waals surface area contributed by atoms with Crippen LogP contribution in [-0.2, 0) is 16.0 Å². The van der Waals surface area contributed by atoms with E-state index < -0.39 is 18.1 Å². The van der Waals surface area contributed by atoms with Crippen LogP contribution in [0.5, 0.6) is 0 Å². The summed E-state index contributed by atoms with van der Waals surface area (Å²) in [5, 5.41) is 0. The van der Waals surface area contributed by atoms with Crippen molar-refractivity contribution >= 4 is 27.6 Å². The zero-order valence-electron chi connectivity index (χ0n) is 9.04. The molecule has 94 valence electrons. The lowest BCUT2D eigenvalue weighted by atomic mass is 10.1. The van der Waals surface area contributed by atoms with E-state index in [-0.39, 0.29) is 28.9 Å². The molecule has 0 amide bonds. The summed E-state index contributed by atoms with van der Waals surface area (Å²) in [5.41, 5.74) is 5.21. The lowest BCUT2D eigenvalue weighted by molar-refractivity contribution is -0.142. The molecule has 7 heteroatoms. The minimum atomic E-state index is -2.79. The summed E-state index contributed by atoms with van der Waals surface area (Å²) in [6.07, 6.45) is -3.10. The molecule has 0 saturated heterocycles. The maximum Gasteiger partial charge on any atom is 0.310 e. The normalized spacial score (nSPS) is 10.6. The van der Waals surface area contributed by atoms with Crippen LogP contribution < -0.4 is 5.73 Å². The maximum absolute atomic E-state index is 12.7. The van der Waals surface area contributed by atoms with E-state index in [2.05, 4.69) is 25.7 Å². The molecule has 0 spiro atoms. The van der Waals surface area contributed by atoms with Crippen LogP contribution in [0.25, 0.3) is 0 Å². The zero-order chi connectivity index (χ0) is 13.0. The Morgan fingerprint density at radius 1 is 1.65 bits per heavy atom. The van der Waals surface area contributed by atoms with Crippen molar-refractivity contribution < 1.29 is 18.3 Å². The van der Waals surface area contributed by atoms with Crippen molar-refractivity contribution in [3.63, 3.8) is 0 Å². The van der Waals surface area contributed by atoms with Gasteiger partial charge in [-0.2, -0.15) is 0 Å². The fraction of sp³-hybridized carbons (Fsp3) is 0.400. The number of nitrogens with zero attached hydrogens (tertiary/aromatic N) is 1.